The molecule has 1 saturated heterocycles. The number of hydrogen-bond acceptors (Lipinski definition) is 6. The number of nitrogens with zero attached hydrogens (tertiary/aromatic N) is 1. The summed E-state index contributed by atoms with van der Waals surface area (Å²) in [5, 5.41) is 30.8. The molecule has 1 fully saturated rings. The van der Waals surface area contributed by atoms with Gasteiger partial charge >= 0.3 is 179 Å². The second-order valence-corrected chi connectivity index (χ2v) is 9.73. The summed E-state index contributed by atoms with van der Waals surface area (Å²) in [6.45, 7) is 1.57. The third-order valence-electron chi connectivity index (χ3n) is 5.72. The molecule has 30 heavy (non-hydrogen) atoms. The Morgan fingerprint density at radius 2 is 1.57 bits per heavy atom. The fourth-order valence-corrected chi connectivity index (χ4v) is 6.53. The van der Waals surface area contributed by atoms with Crippen LogP contribution in [0.4, 0.5) is 5.69 Å². The summed E-state index contributed by atoms with van der Waals surface area (Å²) in [6, 6.07) is 14.4. The van der Waals surface area contributed by atoms with Gasteiger partial charge < -0.3 is 0 Å². The van der Waals surface area contributed by atoms with Crippen molar-refractivity contribution in [3.8, 4) is 0 Å². The molecular weight excluding hydrogens is 453 g/mol. The van der Waals surface area contributed by atoms with Gasteiger partial charge in [-0.05, 0) is 0 Å². The molecule has 0 unspecified atom stereocenters. The second-order valence-electron chi connectivity index (χ2n) is 7.53. The van der Waals surface area contributed by atoms with Crippen molar-refractivity contribution in [3.05, 3.63) is 64.1 Å². The average molecular weight is 472 g/mol. The molecule has 3 aliphatic rings. The molecule has 7 nitrogen and oxygen atoms in total. The Morgan fingerprint density at radius 1 is 0.900 bits per heavy atom. The van der Waals surface area contributed by atoms with E-state index in [1.165, 1.54) is 4.90 Å². The minimum absolute atomic E-state index is 0.153. The van der Waals surface area contributed by atoms with Gasteiger partial charge in [0.1, 0.15) is 0 Å². The summed E-state index contributed by atoms with van der Waals surface area (Å²) in [6.07, 6.45) is -6.20. The summed E-state index contributed by atoms with van der Waals surface area (Å²) in [4.78, 5) is 27.9. The van der Waals surface area contributed by atoms with Crippen LogP contribution in [0.1, 0.15) is 22.8 Å². The number of benzene rings is 2. The Hall–Kier alpha value is -2.32. The van der Waals surface area contributed by atoms with Crippen LogP contribution in [0.5, 0.6) is 0 Å². The molecule has 0 spiro atoms. The van der Waals surface area contributed by atoms with Crippen LogP contribution in [-0.4, -0.2) is 72.6 Å². The van der Waals surface area contributed by atoms with Crippen molar-refractivity contribution in [1.82, 2.24) is 0 Å². The molecule has 3 N–H and O–H groups in total. The summed E-state index contributed by atoms with van der Waals surface area (Å²) in [5.41, 5.74) is 2.04. The Balaban J connectivity index is 1.63. The van der Waals surface area contributed by atoms with Crippen molar-refractivity contribution in [3.63, 3.8) is 0 Å². The number of rotatable bonds is 1. The predicted octanol–water partition coefficient (Wildman–Crippen LogP) is -0.202. The Morgan fingerprint density at radius 3 is 2.30 bits per heavy atom. The number of anilines is 1. The van der Waals surface area contributed by atoms with Gasteiger partial charge in [0.05, 0.1) is 0 Å². The van der Waals surface area contributed by atoms with Gasteiger partial charge in [-0.15, -0.1) is 0 Å². The molecule has 0 aromatic heterocycles. The number of aliphatic hydroxyl groups is 3. The van der Waals surface area contributed by atoms with Crippen molar-refractivity contribution in [2.75, 3.05) is 4.90 Å². The van der Waals surface area contributed by atoms with Gasteiger partial charge in [0.15, 0.2) is 0 Å². The minimum atomic E-state index is -1.50. The summed E-state index contributed by atoms with van der Waals surface area (Å²) in [7, 11) is 0. The average Bonchev–Trinajstić information content (AvgIpc) is 3.23. The van der Waals surface area contributed by atoms with E-state index < -0.39 is 36.6 Å². The normalized spacial score (nSPS) is 33.1. The van der Waals surface area contributed by atoms with E-state index in [1.54, 1.807) is 43.3 Å². The number of ether oxygens (including phenoxy) is 1. The van der Waals surface area contributed by atoms with Crippen LogP contribution < -0.4 is 9.36 Å². The molecule has 154 valence electrons. The van der Waals surface area contributed by atoms with E-state index in [-0.39, 0.29) is 20.7 Å². The maximum atomic E-state index is 13.6. The van der Waals surface area contributed by atoms with Gasteiger partial charge in [0, 0.05) is 0 Å². The molecule has 0 aliphatic carbocycles. The monoisotopic (exact) mass is 473 g/mol. The number of fused-ring (bicyclic) bond motifs is 2. The first-order chi connectivity index (χ1) is 14.4. The van der Waals surface area contributed by atoms with Crippen LogP contribution in [0.25, 0.3) is 5.57 Å². The summed E-state index contributed by atoms with van der Waals surface area (Å²) >= 11 is -0.323. The van der Waals surface area contributed by atoms with Crippen LogP contribution >= 0.6 is 0 Å². The second kappa shape index (κ2) is 7.13. The summed E-state index contributed by atoms with van der Waals surface area (Å²) in [5.74, 6) is -0.603. The number of Topliss-reactive ketones (excluding diaryl/α,β-unsaturated/α-hetero) is 1. The molecule has 1 amide bonds. The number of para-hydroxylation sites is 1. The molecule has 3 heterocycles. The van der Waals surface area contributed by atoms with Crippen LogP contribution in [-0.2, 0) is 9.53 Å². The van der Waals surface area contributed by atoms with Crippen LogP contribution in [0.15, 0.2) is 53.0 Å². The summed E-state index contributed by atoms with van der Waals surface area (Å²) < 4.78 is 7.14. The number of aliphatic hydroxyl groups excluding tert-OH is 3. The third kappa shape index (κ3) is 2.73. The van der Waals surface area contributed by atoms with Crippen LogP contribution in [0, 0.1) is 0 Å². The molecule has 0 bridgehead atoms. The van der Waals surface area contributed by atoms with Gasteiger partial charge in [0.2, 0.25) is 0 Å². The van der Waals surface area contributed by atoms with Crippen LogP contribution in [0.3, 0.4) is 0 Å². The predicted molar refractivity (Wildman–Crippen MR) is 109 cm³/mol. The van der Waals surface area contributed by atoms with E-state index in [9.17, 15) is 24.9 Å². The first kappa shape index (κ1) is 19.6. The zero-order chi connectivity index (χ0) is 21.2. The Bertz CT molecular complexity index is 1100. The molecule has 5 rings (SSSR count). The number of hydrogen-bond donors (Lipinski definition) is 3. The number of allylic oxidation sites excluding steroid dienone is 1. The number of carbonyl (C=O) groups is 2. The van der Waals surface area contributed by atoms with Crippen LogP contribution in [0.2, 0.25) is 0 Å². The van der Waals surface area contributed by atoms with E-state index in [0.29, 0.717) is 26.9 Å². The molecule has 2 aromatic rings. The van der Waals surface area contributed by atoms with Gasteiger partial charge in [-0.1, -0.05) is 0 Å². The van der Waals surface area contributed by atoms with E-state index in [2.05, 4.69) is 0 Å². The van der Waals surface area contributed by atoms with E-state index >= 15 is 0 Å². The zero-order valence-corrected chi connectivity index (χ0v) is 17.6. The van der Waals surface area contributed by atoms with E-state index in [0.717, 1.165) is 4.46 Å². The van der Waals surface area contributed by atoms with Crippen molar-refractivity contribution < 1.29 is 29.6 Å². The fourth-order valence-electron chi connectivity index (χ4n) is 4.14. The molecule has 3 aliphatic heterocycles. The van der Waals surface area contributed by atoms with Gasteiger partial charge in [-0.2, -0.15) is 0 Å². The molecule has 5 atom stereocenters. The molecule has 0 radical (unpaired) electrons. The number of amides is 1. The molecular formula is C22H19NO6Se. The van der Waals surface area contributed by atoms with Crippen molar-refractivity contribution in [1.29, 1.82) is 0 Å². The molecule has 0 saturated carbocycles. The number of carbonyl (C=O) groups excluding carboxylic acids is 2. The van der Waals surface area contributed by atoms with Crippen molar-refractivity contribution in [2.45, 2.75) is 37.6 Å². The van der Waals surface area contributed by atoms with Gasteiger partial charge in [-0.3, -0.25) is 0 Å². The quantitative estimate of drug-likeness (QED) is 0.392. The first-order valence-corrected chi connectivity index (χ1v) is 11.3. The van der Waals surface area contributed by atoms with E-state index in [4.69, 9.17) is 4.74 Å². The zero-order valence-electron chi connectivity index (χ0n) is 15.9. The topological polar surface area (TPSA) is 107 Å². The third-order valence-corrected chi connectivity index (χ3v) is 8.18. The van der Waals surface area contributed by atoms with Crippen molar-refractivity contribution >= 4 is 42.4 Å². The SMILES string of the molecule is C[C@@H]1O[C@H](N2C(=O)/C(=C3\[Se]c4ccccc4C3=O)c3ccccc32)[C@H](O)[C@H](O)[C@H]1O. The first-order valence-electron chi connectivity index (χ1n) is 9.58. The van der Waals surface area contributed by atoms with E-state index in [1.807, 2.05) is 12.1 Å². The Labute approximate surface area is 178 Å². The standard InChI is InChI=1S/C22H19NO6Se/c1-10-16(24)18(26)19(27)22(29-10)23-13-8-4-2-6-11(13)15(21(23)28)20-17(25)12-7-3-5-9-14(12)30-20/h2-10,16,18-19,22,24,26-27H,1H3/b20-15-/t10-,16-,18+,19+,22-/m0/s1. The maximum absolute atomic E-state index is 13.6. The molecule has 8 heteroatoms. The Kier molecular flexibility index (Phi) is 4.66. The van der Waals surface area contributed by atoms with Crippen molar-refractivity contribution in [2.24, 2.45) is 0 Å². The number of ketones is 1. The van der Waals surface area contributed by atoms with Gasteiger partial charge in [0.25, 0.3) is 0 Å². The van der Waals surface area contributed by atoms with Gasteiger partial charge in [-0.25, -0.2) is 0 Å². The molecule has 2 aromatic carbocycles. The fraction of sp³-hybridized carbons (Fsp3) is 0.273.